The lowest BCUT2D eigenvalue weighted by atomic mass is 10.3. The second-order valence-corrected chi connectivity index (χ2v) is 5.19. The smallest absolute Gasteiger partial charge is 0.265 e. The highest BCUT2D eigenvalue weighted by Crippen LogP contribution is 2.19. The maximum absolute atomic E-state index is 13.3. The van der Waals surface area contributed by atoms with Crippen molar-refractivity contribution in [2.75, 3.05) is 10.5 Å². The highest BCUT2D eigenvalue weighted by Gasteiger charge is 2.17. The largest absolute Gasteiger partial charge is 0.368 e. The molecule has 0 atom stereocenters. The van der Waals surface area contributed by atoms with Gasteiger partial charge in [0.1, 0.15) is 16.5 Å². The highest BCUT2D eigenvalue weighted by atomic mass is 32.2. The van der Waals surface area contributed by atoms with Gasteiger partial charge in [0.05, 0.1) is 18.1 Å². The molecule has 100 valence electrons. The van der Waals surface area contributed by atoms with E-state index in [1.54, 1.807) is 0 Å². The van der Waals surface area contributed by atoms with Crippen molar-refractivity contribution < 1.29 is 17.2 Å². The molecule has 0 saturated heterocycles. The van der Waals surface area contributed by atoms with Crippen LogP contribution in [0.3, 0.4) is 0 Å². The molecule has 6 nitrogen and oxygen atoms in total. The molecule has 0 fully saturated rings. The van der Waals surface area contributed by atoms with Crippen molar-refractivity contribution >= 4 is 21.7 Å². The molecule has 0 radical (unpaired) electrons. The van der Waals surface area contributed by atoms with Crippen molar-refractivity contribution in [2.45, 2.75) is 4.90 Å². The first-order chi connectivity index (χ1) is 8.88. The molecular weight excluding hydrogens is 278 g/mol. The Morgan fingerprint density at radius 1 is 1.16 bits per heavy atom. The van der Waals surface area contributed by atoms with E-state index in [1.807, 2.05) is 4.72 Å². The molecular formula is C10H8F2N4O2S. The molecule has 9 heteroatoms. The number of nitrogen functional groups attached to an aromatic ring is 1. The van der Waals surface area contributed by atoms with E-state index in [1.165, 1.54) is 0 Å². The van der Waals surface area contributed by atoms with Gasteiger partial charge in [-0.3, -0.25) is 4.72 Å². The van der Waals surface area contributed by atoms with Gasteiger partial charge in [-0.25, -0.2) is 27.2 Å². The number of rotatable bonds is 3. The maximum Gasteiger partial charge on any atom is 0.265 e. The number of sulfonamides is 1. The van der Waals surface area contributed by atoms with Gasteiger partial charge in [-0.15, -0.1) is 0 Å². The number of anilines is 2. The monoisotopic (exact) mass is 286 g/mol. The van der Waals surface area contributed by atoms with E-state index in [-0.39, 0.29) is 10.8 Å². The summed E-state index contributed by atoms with van der Waals surface area (Å²) >= 11 is 0. The van der Waals surface area contributed by atoms with Crippen LogP contribution in [0.2, 0.25) is 0 Å². The summed E-state index contributed by atoms with van der Waals surface area (Å²) in [6, 6.07) is 2.41. The van der Waals surface area contributed by atoms with E-state index in [0.29, 0.717) is 0 Å². The van der Waals surface area contributed by atoms with Crippen LogP contribution in [0.4, 0.5) is 20.4 Å². The third kappa shape index (κ3) is 2.94. The van der Waals surface area contributed by atoms with Crippen LogP contribution < -0.4 is 10.5 Å². The lowest BCUT2D eigenvalue weighted by molar-refractivity contribution is 0.594. The van der Waals surface area contributed by atoms with E-state index in [9.17, 15) is 17.2 Å². The Hall–Kier alpha value is -2.29. The van der Waals surface area contributed by atoms with E-state index in [4.69, 9.17) is 5.73 Å². The molecule has 0 bridgehead atoms. The van der Waals surface area contributed by atoms with Crippen LogP contribution in [0.5, 0.6) is 0 Å². The van der Waals surface area contributed by atoms with E-state index in [2.05, 4.69) is 9.97 Å². The first-order valence-electron chi connectivity index (χ1n) is 4.94. The zero-order valence-corrected chi connectivity index (χ0v) is 10.2. The molecule has 19 heavy (non-hydrogen) atoms. The third-order valence-electron chi connectivity index (χ3n) is 2.13. The van der Waals surface area contributed by atoms with Gasteiger partial charge >= 0.3 is 0 Å². The average Bonchev–Trinajstić information content (AvgIpc) is 2.34. The van der Waals surface area contributed by atoms with Gasteiger partial charge in [-0.05, 0) is 12.1 Å². The molecule has 1 heterocycles. The second-order valence-electron chi connectivity index (χ2n) is 3.51. The summed E-state index contributed by atoms with van der Waals surface area (Å²) in [5.74, 6) is -1.77. The molecule has 0 amide bonds. The summed E-state index contributed by atoms with van der Waals surface area (Å²) < 4.78 is 51.9. The Bertz CT molecular complexity index is 704. The molecule has 1 aromatic carbocycles. The summed E-state index contributed by atoms with van der Waals surface area (Å²) in [4.78, 5) is 6.70. The Balaban J connectivity index is 2.36. The molecule has 3 N–H and O–H groups in total. The van der Waals surface area contributed by atoms with Gasteiger partial charge < -0.3 is 5.73 Å². The summed E-state index contributed by atoms with van der Waals surface area (Å²) in [6.45, 7) is 0. The summed E-state index contributed by atoms with van der Waals surface area (Å²) in [7, 11) is -4.11. The predicted molar refractivity (Wildman–Crippen MR) is 63.6 cm³/mol. The zero-order chi connectivity index (χ0) is 14.0. The van der Waals surface area contributed by atoms with Crippen LogP contribution in [-0.2, 0) is 10.0 Å². The van der Waals surface area contributed by atoms with Crippen molar-refractivity contribution in [3.05, 3.63) is 42.2 Å². The van der Waals surface area contributed by atoms with E-state index >= 15 is 0 Å². The lowest BCUT2D eigenvalue weighted by Gasteiger charge is -2.08. The maximum atomic E-state index is 13.3. The minimum atomic E-state index is -4.11. The number of hydrogen-bond donors (Lipinski definition) is 2. The number of halogens is 2. The third-order valence-corrected chi connectivity index (χ3v) is 3.45. The summed E-state index contributed by atoms with van der Waals surface area (Å²) in [5.41, 5.74) is 4.72. The SMILES string of the molecule is Nc1ncc(S(=O)(=O)Nc2cc(F)ccc2F)cn1. The Labute approximate surface area is 107 Å². The minimum Gasteiger partial charge on any atom is -0.368 e. The normalized spacial score (nSPS) is 11.3. The van der Waals surface area contributed by atoms with Crippen LogP contribution in [0.1, 0.15) is 0 Å². The number of nitrogens with one attached hydrogen (secondary N) is 1. The zero-order valence-electron chi connectivity index (χ0n) is 9.34. The molecule has 0 spiro atoms. The van der Waals surface area contributed by atoms with E-state index < -0.39 is 27.3 Å². The van der Waals surface area contributed by atoms with Crippen LogP contribution in [-0.4, -0.2) is 18.4 Å². The van der Waals surface area contributed by atoms with Crippen molar-refractivity contribution in [2.24, 2.45) is 0 Å². The second kappa shape index (κ2) is 4.76. The van der Waals surface area contributed by atoms with Crippen LogP contribution in [0.15, 0.2) is 35.5 Å². The van der Waals surface area contributed by atoms with Crippen LogP contribution >= 0.6 is 0 Å². The molecule has 0 unspecified atom stereocenters. The molecule has 1 aromatic heterocycles. The van der Waals surface area contributed by atoms with E-state index in [0.717, 1.165) is 30.6 Å². The molecule has 2 aromatic rings. The number of aromatic nitrogens is 2. The Morgan fingerprint density at radius 2 is 1.79 bits per heavy atom. The first kappa shape index (κ1) is 13.1. The van der Waals surface area contributed by atoms with Gasteiger partial charge in [0.15, 0.2) is 0 Å². The Morgan fingerprint density at radius 3 is 2.42 bits per heavy atom. The van der Waals surface area contributed by atoms with Gasteiger partial charge in [-0.1, -0.05) is 0 Å². The fraction of sp³-hybridized carbons (Fsp3) is 0. The summed E-state index contributed by atoms with van der Waals surface area (Å²) in [6.07, 6.45) is 1.92. The molecule has 0 saturated carbocycles. The topological polar surface area (TPSA) is 98.0 Å². The standard InChI is InChI=1S/C10H8F2N4O2S/c11-6-1-2-8(12)9(3-6)16-19(17,18)7-4-14-10(13)15-5-7/h1-5,16H,(H2,13,14,15). The Kier molecular flexibility index (Phi) is 3.30. The van der Waals surface area contributed by atoms with Crippen molar-refractivity contribution in [1.29, 1.82) is 0 Å². The van der Waals surface area contributed by atoms with Crippen molar-refractivity contribution in [3.63, 3.8) is 0 Å². The predicted octanol–water partition coefficient (Wildman–Crippen LogP) is 1.14. The van der Waals surface area contributed by atoms with Gasteiger partial charge in [0.2, 0.25) is 5.95 Å². The molecule has 0 aliphatic rings. The van der Waals surface area contributed by atoms with Gasteiger partial charge in [0, 0.05) is 6.07 Å². The minimum absolute atomic E-state index is 0.101. The first-order valence-corrected chi connectivity index (χ1v) is 6.42. The number of benzene rings is 1. The quantitative estimate of drug-likeness (QED) is 0.881. The van der Waals surface area contributed by atoms with Gasteiger partial charge in [-0.2, -0.15) is 0 Å². The van der Waals surface area contributed by atoms with Crippen molar-refractivity contribution in [1.82, 2.24) is 9.97 Å². The fourth-order valence-corrected chi connectivity index (χ4v) is 2.19. The average molecular weight is 286 g/mol. The van der Waals surface area contributed by atoms with Crippen LogP contribution in [0, 0.1) is 11.6 Å². The fourth-order valence-electron chi connectivity index (χ4n) is 1.24. The highest BCUT2D eigenvalue weighted by molar-refractivity contribution is 7.92. The number of hydrogen-bond acceptors (Lipinski definition) is 5. The van der Waals surface area contributed by atoms with Crippen LogP contribution in [0.25, 0.3) is 0 Å². The van der Waals surface area contributed by atoms with Gasteiger partial charge in [0.25, 0.3) is 10.0 Å². The number of nitrogens with zero attached hydrogens (tertiary/aromatic N) is 2. The molecule has 2 rings (SSSR count). The molecule has 0 aliphatic heterocycles. The molecule has 0 aliphatic carbocycles. The number of nitrogens with two attached hydrogens (primary N) is 1. The van der Waals surface area contributed by atoms with Crippen molar-refractivity contribution in [3.8, 4) is 0 Å². The summed E-state index contributed by atoms with van der Waals surface area (Å²) in [5, 5.41) is 0. The lowest BCUT2D eigenvalue weighted by Crippen LogP contribution is -2.15.